The lowest BCUT2D eigenvalue weighted by molar-refractivity contribution is -0.123. The number of carbonyl (C=O) groups is 1. The van der Waals surface area contributed by atoms with E-state index in [-0.39, 0.29) is 12.0 Å². The van der Waals surface area contributed by atoms with E-state index in [4.69, 9.17) is 0 Å². The van der Waals surface area contributed by atoms with Crippen LogP contribution in [0.1, 0.15) is 49.3 Å². The summed E-state index contributed by atoms with van der Waals surface area (Å²) in [6.45, 7) is 0.984. The first kappa shape index (κ1) is 11.8. The van der Waals surface area contributed by atoms with E-state index in [1.807, 2.05) is 12.3 Å². The average Bonchev–Trinajstić information content (AvgIpc) is 2.47. The Labute approximate surface area is 108 Å². The number of hydrogen-bond donors (Lipinski definition) is 1. The number of pyridine rings is 1. The van der Waals surface area contributed by atoms with Gasteiger partial charge < -0.3 is 5.32 Å². The Balaban J connectivity index is 1.82. The Kier molecular flexibility index (Phi) is 3.41. The Morgan fingerprint density at radius 2 is 2.22 bits per heavy atom. The van der Waals surface area contributed by atoms with Crippen LogP contribution in [0.4, 0.5) is 0 Å². The number of aryl methyl sites for hydroxylation is 1. The average molecular weight is 244 g/mol. The minimum atomic E-state index is 0.0329. The molecule has 3 heteroatoms. The first-order valence-corrected chi connectivity index (χ1v) is 7.07. The van der Waals surface area contributed by atoms with Gasteiger partial charge in [0.05, 0.1) is 17.7 Å². The van der Waals surface area contributed by atoms with E-state index in [1.165, 1.54) is 18.4 Å². The zero-order valence-corrected chi connectivity index (χ0v) is 10.7. The Morgan fingerprint density at radius 1 is 1.28 bits per heavy atom. The molecule has 0 radical (unpaired) electrons. The minimum Gasteiger partial charge on any atom is -0.307 e. The molecule has 1 saturated heterocycles. The van der Waals surface area contributed by atoms with Crippen LogP contribution in [0.3, 0.4) is 0 Å². The van der Waals surface area contributed by atoms with Crippen molar-refractivity contribution < 1.29 is 4.79 Å². The summed E-state index contributed by atoms with van der Waals surface area (Å²) in [6.07, 6.45) is 8.35. The second kappa shape index (κ2) is 5.19. The van der Waals surface area contributed by atoms with E-state index in [9.17, 15) is 4.79 Å². The molecule has 2 unspecified atom stereocenters. The van der Waals surface area contributed by atoms with Gasteiger partial charge in [0, 0.05) is 6.20 Å². The van der Waals surface area contributed by atoms with Gasteiger partial charge in [-0.15, -0.1) is 0 Å². The third kappa shape index (κ3) is 2.19. The van der Waals surface area contributed by atoms with E-state index >= 15 is 0 Å². The number of ketones is 1. The van der Waals surface area contributed by atoms with Crippen LogP contribution in [-0.2, 0) is 11.2 Å². The van der Waals surface area contributed by atoms with Gasteiger partial charge in [0.25, 0.3) is 0 Å². The van der Waals surface area contributed by atoms with Crippen molar-refractivity contribution in [3.05, 3.63) is 29.6 Å². The van der Waals surface area contributed by atoms with Gasteiger partial charge in [0.15, 0.2) is 5.78 Å². The van der Waals surface area contributed by atoms with Crippen molar-refractivity contribution in [3.8, 4) is 0 Å². The molecule has 3 nitrogen and oxygen atoms in total. The lowest BCUT2D eigenvalue weighted by Gasteiger charge is -2.29. The highest BCUT2D eigenvalue weighted by Gasteiger charge is 2.32. The highest BCUT2D eigenvalue weighted by molar-refractivity contribution is 5.90. The van der Waals surface area contributed by atoms with Crippen LogP contribution in [-0.4, -0.2) is 23.4 Å². The number of carbonyl (C=O) groups excluding carboxylic acids is 1. The van der Waals surface area contributed by atoms with Crippen molar-refractivity contribution in [2.45, 2.75) is 50.5 Å². The smallest absolute Gasteiger partial charge is 0.158 e. The second-order valence-electron chi connectivity index (χ2n) is 5.40. The third-order valence-corrected chi connectivity index (χ3v) is 4.19. The maximum absolute atomic E-state index is 12.6. The summed E-state index contributed by atoms with van der Waals surface area (Å²) in [5, 5.41) is 3.37. The van der Waals surface area contributed by atoms with Gasteiger partial charge >= 0.3 is 0 Å². The van der Waals surface area contributed by atoms with E-state index in [1.54, 1.807) is 0 Å². The van der Waals surface area contributed by atoms with Gasteiger partial charge in [-0.1, -0.05) is 12.5 Å². The molecule has 1 aromatic rings. The summed E-state index contributed by atoms with van der Waals surface area (Å²) in [4.78, 5) is 17.1. The summed E-state index contributed by atoms with van der Waals surface area (Å²) >= 11 is 0. The van der Waals surface area contributed by atoms with Gasteiger partial charge in [0.1, 0.15) is 0 Å². The van der Waals surface area contributed by atoms with Crippen molar-refractivity contribution in [2.24, 2.45) is 0 Å². The van der Waals surface area contributed by atoms with Crippen LogP contribution in [0.5, 0.6) is 0 Å². The monoisotopic (exact) mass is 244 g/mol. The summed E-state index contributed by atoms with van der Waals surface area (Å²) < 4.78 is 0. The number of aromatic nitrogens is 1. The zero-order chi connectivity index (χ0) is 12.4. The standard InChI is InChI=1S/C15H20N2O/c18-15(13-8-1-2-9-16-13)12-7-3-5-11-6-4-10-17-14(11)12/h4,6,10,12-13,16H,1-3,5,7-9H2. The molecule has 1 aliphatic carbocycles. The van der Waals surface area contributed by atoms with E-state index in [0.29, 0.717) is 5.78 Å². The number of nitrogens with one attached hydrogen (secondary N) is 1. The first-order valence-electron chi connectivity index (χ1n) is 7.07. The number of hydrogen-bond acceptors (Lipinski definition) is 3. The number of nitrogens with zero attached hydrogens (tertiary/aromatic N) is 1. The molecule has 0 spiro atoms. The fraction of sp³-hybridized carbons (Fsp3) is 0.600. The molecule has 2 heterocycles. The van der Waals surface area contributed by atoms with Crippen LogP contribution in [0.25, 0.3) is 0 Å². The van der Waals surface area contributed by atoms with E-state index in [0.717, 1.165) is 37.9 Å². The predicted molar refractivity (Wildman–Crippen MR) is 70.6 cm³/mol. The second-order valence-corrected chi connectivity index (χ2v) is 5.40. The van der Waals surface area contributed by atoms with Crippen molar-refractivity contribution in [1.29, 1.82) is 0 Å². The molecular formula is C15H20N2O. The third-order valence-electron chi connectivity index (χ3n) is 4.19. The van der Waals surface area contributed by atoms with Gasteiger partial charge in [-0.25, -0.2) is 0 Å². The number of rotatable bonds is 2. The fourth-order valence-corrected chi connectivity index (χ4v) is 3.22. The van der Waals surface area contributed by atoms with Crippen LogP contribution < -0.4 is 5.32 Å². The molecule has 0 amide bonds. The molecule has 2 atom stereocenters. The summed E-state index contributed by atoms with van der Waals surface area (Å²) in [5.74, 6) is 0.403. The lowest BCUT2D eigenvalue weighted by Crippen LogP contribution is -2.43. The molecule has 0 bridgehead atoms. The summed E-state index contributed by atoms with van der Waals surface area (Å²) in [7, 11) is 0. The molecule has 1 aliphatic heterocycles. The molecule has 0 saturated carbocycles. The van der Waals surface area contributed by atoms with Gasteiger partial charge in [0.2, 0.25) is 0 Å². The highest BCUT2D eigenvalue weighted by atomic mass is 16.1. The maximum atomic E-state index is 12.6. The van der Waals surface area contributed by atoms with Crippen LogP contribution in [0, 0.1) is 0 Å². The predicted octanol–water partition coefficient (Wildman–Crippen LogP) is 2.21. The number of fused-ring (bicyclic) bond motifs is 1. The first-order chi connectivity index (χ1) is 8.86. The molecule has 2 aliphatic rings. The van der Waals surface area contributed by atoms with Crippen LogP contribution >= 0.6 is 0 Å². The Morgan fingerprint density at radius 3 is 3.06 bits per heavy atom. The number of Topliss-reactive ketones (excluding diaryl/α,β-unsaturated/α-hetero) is 1. The van der Waals surface area contributed by atoms with Crippen LogP contribution in [0.15, 0.2) is 18.3 Å². The summed E-state index contributed by atoms with van der Waals surface area (Å²) in [5.41, 5.74) is 2.32. The molecule has 96 valence electrons. The maximum Gasteiger partial charge on any atom is 0.158 e. The topological polar surface area (TPSA) is 42.0 Å². The SMILES string of the molecule is O=C(C1CCCCN1)C1CCCc2cccnc21. The van der Waals surface area contributed by atoms with Crippen molar-refractivity contribution in [1.82, 2.24) is 10.3 Å². The quantitative estimate of drug-likeness (QED) is 0.867. The minimum absolute atomic E-state index is 0.0329. The fourth-order valence-electron chi connectivity index (χ4n) is 3.22. The molecule has 1 N–H and O–H groups in total. The van der Waals surface area contributed by atoms with Gasteiger partial charge in [-0.2, -0.15) is 0 Å². The van der Waals surface area contributed by atoms with Crippen molar-refractivity contribution in [3.63, 3.8) is 0 Å². The van der Waals surface area contributed by atoms with Gasteiger partial charge in [-0.3, -0.25) is 9.78 Å². The molecule has 18 heavy (non-hydrogen) atoms. The molecule has 0 aromatic carbocycles. The summed E-state index contributed by atoms with van der Waals surface area (Å²) in [6, 6.07) is 4.16. The molecule has 3 rings (SSSR count). The largest absolute Gasteiger partial charge is 0.307 e. The van der Waals surface area contributed by atoms with Gasteiger partial charge in [-0.05, 0) is 50.3 Å². The molecular weight excluding hydrogens is 224 g/mol. The molecule has 1 aromatic heterocycles. The Bertz CT molecular complexity index is 438. The van der Waals surface area contributed by atoms with Crippen molar-refractivity contribution in [2.75, 3.05) is 6.54 Å². The lowest BCUT2D eigenvalue weighted by atomic mass is 9.80. The van der Waals surface area contributed by atoms with E-state index in [2.05, 4.69) is 16.4 Å². The van der Waals surface area contributed by atoms with E-state index < -0.39 is 0 Å². The van der Waals surface area contributed by atoms with Crippen LogP contribution in [0.2, 0.25) is 0 Å². The Hall–Kier alpha value is -1.22. The normalized spacial score (nSPS) is 27.6. The highest BCUT2D eigenvalue weighted by Crippen LogP contribution is 2.32. The zero-order valence-electron chi connectivity index (χ0n) is 10.7. The molecule has 1 fully saturated rings. The van der Waals surface area contributed by atoms with Crippen molar-refractivity contribution >= 4 is 5.78 Å². The number of piperidine rings is 1.